The molecule has 2 aromatic rings. The molecule has 0 atom stereocenters. The Morgan fingerprint density at radius 1 is 1.03 bits per heavy atom. The second-order valence-corrected chi connectivity index (χ2v) is 8.49. The van der Waals surface area contributed by atoms with E-state index in [1.807, 2.05) is 0 Å². The van der Waals surface area contributed by atoms with Gasteiger partial charge in [-0.15, -0.1) is 0 Å². The molecular weight excluding hydrogens is 397 g/mol. The number of amides is 1. The summed E-state index contributed by atoms with van der Waals surface area (Å²) in [4.78, 5) is 41.9. The molecule has 2 aliphatic rings. The van der Waals surface area contributed by atoms with E-state index in [0.717, 1.165) is 38.9 Å². The van der Waals surface area contributed by atoms with Crippen LogP contribution >= 0.6 is 0 Å². The Morgan fingerprint density at radius 3 is 2.45 bits per heavy atom. The summed E-state index contributed by atoms with van der Waals surface area (Å²) < 4.78 is 14.8. The molecule has 0 unspecified atom stereocenters. The van der Waals surface area contributed by atoms with Crippen LogP contribution in [0, 0.1) is 11.7 Å². The molecule has 7 heteroatoms. The maximum Gasteiger partial charge on any atom is 0.256 e. The number of Topliss-reactive ketones (excluding diaryl/α,β-unsaturated/α-hetero) is 2. The Kier molecular flexibility index (Phi) is 6.32. The molecule has 1 fully saturated rings. The fourth-order valence-corrected chi connectivity index (χ4v) is 4.64. The molecule has 0 N–H and O–H groups in total. The first-order chi connectivity index (χ1) is 14.9. The summed E-state index contributed by atoms with van der Waals surface area (Å²) in [6, 6.07) is 7.52. The molecule has 1 aromatic heterocycles. The summed E-state index contributed by atoms with van der Waals surface area (Å²) >= 11 is 0. The van der Waals surface area contributed by atoms with Crippen molar-refractivity contribution in [1.29, 1.82) is 0 Å². The third-order valence-corrected chi connectivity index (χ3v) is 6.45. The van der Waals surface area contributed by atoms with Gasteiger partial charge in [-0.1, -0.05) is 0 Å². The highest BCUT2D eigenvalue weighted by molar-refractivity contribution is 6.08. The van der Waals surface area contributed by atoms with Crippen molar-refractivity contribution in [2.75, 3.05) is 32.7 Å². The van der Waals surface area contributed by atoms with Crippen LogP contribution in [0.2, 0.25) is 0 Å². The van der Waals surface area contributed by atoms with Crippen LogP contribution in [0.25, 0.3) is 0 Å². The highest BCUT2D eigenvalue weighted by Crippen LogP contribution is 2.23. The number of fused-ring (bicyclic) bond motifs is 1. The molecule has 0 radical (unpaired) electrons. The molecule has 31 heavy (non-hydrogen) atoms. The SMILES string of the molecule is Cn1ccc2c1C(=O)CCN(CCCN1CCC(C(=O)c3ccc(F)cc3)CC1)C2=O. The lowest BCUT2D eigenvalue weighted by Gasteiger charge is -2.32. The van der Waals surface area contributed by atoms with Crippen LogP contribution in [0.5, 0.6) is 0 Å². The van der Waals surface area contributed by atoms with E-state index < -0.39 is 0 Å². The van der Waals surface area contributed by atoms with E-state index in [0.29, 0.717) is 36.3 Å². The Balaban J connectivity index is 1.25. The standard InChI is InChI=1S/C24H28FN3O3/c1-26-13-9-20-22(26)21(29)10-16-28(24(20)31)12-2-11-27-14-7-18(8-15-27)23(30)17-3-5-19(25)6-4-17/h3-6,9,13,18H,2,7-8,10-12,14-16H2,1H3. The Hall–Kier alpha value is -2.80. The Bertz CT molecular complexity index is 974. The number of hydrogen-bond acceptors (Lipinski definition) is 4. The molecule has 2 aliphatic heterocycles. The molecule has 6 nitrogen and oxygen atoms in total. The lowest BCUT2D eigenvalue weighted by Crippen LogP contribution is -2.39. The second kappa shape index (κ2) is 9.14. The predicted octanol–water partition coefficient (Wildman–Crippen LogP) is 3.18. The topological polar surface area (TPSA) is 62.6 Å². The van der Waals surface area contributed by atoms with Crippen LogP contribution in [-0.2, 0) is 7.05 Å². The summed E-state index contributed by atoms with van der Waals surface area (Å²) in [7, 11) is 1.80. The summed E-state index contributed by atoms with van der Waals surface area (Å²) in [5.74, 6) is -0.298. The van der Waals surface area contributed by atoms with Crippen molar-refractivity contribution in [3.05, 3.63) is 59.2 Å². The van der Waals surface area contributed by atoms with E-state index in [1.54, 1.807) is 40.9 Å². The summed E-state index contributed by atoms with van der Waals surface area (Å²) in [5.41, 5.74) is 1.60. The third-order valence-electron chi connectivity index (χ3n) is 6.45. The van der Waals surface area contributed by atoms with Gasteiger partial charge in [-0.3, -0.25) is 14.4 Å². The summed E-state index contributed by atoms with van der Waals surface area (Å²) in [6.45, 7) is 3.62. The normalized spacial score (nSPS) is 18.2. The minimum absolute atomic E-state index is 0.0172. The lowest BCUT2D eigenvalue weighted by atomic mass is 9.89. The van der Waals surface area contributed by atoms with Gasteiger partial charge in [0.2, 0.25) is 0 Å². The maximum absolute atomic E-state index is 13.1. The van der Waals surface area contributed by atoms with E-state index in [4.69, 9.17) is 0 Å². The van der Waals surface area contributed by atoms with Gasteiger partial charge < -0.3 is 14.4 Å². The van der Waals surface area contributed by atoms with E-state index in [9.17, 15) is 18.8 Å². The fourth-order valence-electron chi connectivity index (χ4n) is 4.64. The first-order valence-corrected chi connectivity index (χ1v) is 10.9. The first kappa shape index (κ1) is 21.4. The van der Waals surface area contributed by atoms with E-state index in [-0.39, 0.29) is 29.2 Å². The van der Waals surface area contributed by atoms with Gasteiger partial charge in [0.25, 0.3) is 5.91 Å². The van der Waals surface area contributed by atoms with Gasteiger partial charge in [-0.05, 0) is 69.2 Å². The zero-order valence-electron chi connectivity index (χ0n) is 17.8. The molecule has 4 rings (SSSR count). The van der Waals surface area contributed by atoms with Crippen LogP contribution in [0.3, 0.4) is 0 Å². The van der Waals surface area contributed by atoms with Crippen molar-refractivity contribution < 1.29 is 18.8 Å². The van der Waals surface area contributed by atoms with Gasteiger partial charge in [0.1, 0.15) is 5.82 Å². The number of carbonyl (C=O) groups excluding carboxylic acids is 3. The van der Waals surface area contributed by atoms with E-state index in [2.05, 4.69) is 4.90 Å². The van der Waals surface area contributed by atoms with Gasteiger partial charge in [0.15, 0.2) is 11.6 Å². The maximum atomic E-state index is 13.1. The molecule has 0 spiro atoms. The highest BCUT2D eigenvalue weighted by atomic mass is 19.1. The van der Waals surface area contributed by atoms with Crippen LogP contribution < -0.4 is 0 Å². The number of piperidine rings is 1. The average molecular weight is 426 g/mol. The number of ketones is 2. The van der Waals surface area contributed by atoms with Crippen LogP contribution in [0.1, 0.15) is 56.9 Å². The Morgan fingerprint density at radius 2 is 1.74 bits per heavy atom. The van der Waals surface area contributed by atoms with Gasteiger partial charge in [0.05, 0.1) is 11.3 Å². The predicted molar refractivity (Wildman–Crippen MR) is 115 cm³/mol. The lowest BCUT2D eigenvalue weighted by molar-refractivity contribution is 0.0736. The first-order valence-electron chi connectivity index (χ1n) is 10.9. The van der Waals surface area contributed by atoms with Gasteiger partial charge in [-0.25, -0.2) is 4.39 Å². The summed E-state index contributed by atoms with van der Waals surface area (Å²) in [5, 5.41) is 0. The van der Waals surface area contributed by atoms with Crippen LogP contribution in [-0.4, -0.2) is 64.6 Å². The number of carbonyl (C=O) groups is 3. The minimum atomic E-state index is -0.331. The number of nitrogens with zero attached hydrogens (tertiary/aromatic N) is 3. The van der Waals surface area contributed by atoms with Gasteiger partial charge in [0, 0.05) is 44.2 Å². The molecule has 1 amide bonds. The number of aryl methyl sites for hydroxylation is 1. The highest BCUT2D eigenvalue weighted by Gasteiger charge is 2.29. The molecule has 164 valence electrons. The molecular formula is C24H28FN3O3. The Labute approximate surface area is 181 Å². The number of likely N-dealkylation sites (tertiary alicyclic amines) is 1. The molecule has 0 bridgehead atoms. The van der Waals surface area contributed by atoms with Crippen molar-refractivity contribution in [2.45, 2.75) is 25.7 Å². The molecule has 0 aliphatic carbocycles. The molecule has 1 aromatic carbocycles. The average Bonchev–Trinajstić information content (AvgIpc) is 3.12. The fraction of sp³-hybridized carbons (Fsp3) is 0.458. The number of aromatic nitrogens is 1. The minimum Gasteiger partial charge on any atom is -0.348 e. The number of benzene rings is 1. The van der Waals surface area contributed by atoms with Crippen molar-refractivity contribution in [3.63, 3.8) is 0 Å². The van der Waals surface area contributed by atoms with Crippen LogP contribution in [0.15, 0.2) is 36.5 Å². The van der Waals surface area contributed by atoms with Crippen molar-refractivity contribution in [2.24, 2.45) is 13.0 Å². The number of halogens is 1. The zero-order chi connectivity index (χ0) is 22.0. The van der Waals surface area contributed by atoms with Gasteiger partial charge >= 0.3 is 0 Å². The van der Waals surface area contributed by atoms with E-state index in [1.165, 1.54) is 12.1 Å². The zero-order valence-corrected chi connectivity index (χ0v) is 17.8. The smallest absolute Gasteiger partial charge is 0.256 e. The van der Waals surface area contributed by atoms with Crippen molar-refractivity contribution >= 4 is 17.5 Å². The van der Waals surface area contributed by atoms with E-state index >= 15 is 0 Å². The monoisotopic (exact) mass is 425 g/mol. The van der Waals surface area contributed by atoms with Crippen molar-refractivity contribution in [3.8, 4) is 0 Å². The van der Waals surface area contributed by atoms with Crippen LogP contribution in [0.4, 0.5) is 4.39 Å². The molecule has 0 saturated carbocycles. The summed E-state index contributed by atoms with van der Waals surface area (Å²) in [6.07, 6.45) is 4.54. The molecule has 1 saturated heterocycles. The number of rotatable bonds is 6. The van der Waals surface area contributed by atoms with Crippen molar-refractivity contribution in [1.82, 2.24) is 14.4 Å². The number of hydrogen-bond donors (Lipinski definition) is 0. The quantitative estimate of drug-likeness (QED) is 0.667. The third kappa shape index (κ3) is 4.61. The molecule has 3 heterocycles. The largest absolute Gasteiger partial charge is 0.348 e. The van der Waals surface area contributed by atoms with Gasteiger partial charge in [-0.2, -0.15) is 0 Å². The second-order valence-electron chi connectivity index (χ2n) is 8.49.